The summed E-state index contributed by atoms with van der Waals surface area (Å²) in [6.45, 7) is 9.21. The largest absolute Gasteiger partial charge is 0.469 e. The molecule has 3 rings (SSSR count). The number of furan rings is 1. The zero-order valence-electron chi connectivity index (χ0n) is 16.4. The molecule has 0 bridgehead atoms. The van der Waals surface area contributed by atoms with E-state index in [2.05, 4.69) is 34.4 Å². The third kappa shape index (κ3) is 6.07. The molecule has 3 heterocycles. The monoisotopic (exact) mass is 389 g/mol. The molecule has 0 spiro atoms. The first-order valence-corrected chi connectivity index (χ1v) is 10.8. The van der Waals surface area contributed by atoms with Crippen molar-refractivity contribution in [2.45, 2.75) is 45.1 Å². The maximum atomic E-state index is 5.42. The molecule has 0 aromatic carbocycles. The zero-order chi connectivity index (χ0) is 18.9. The highest BCUT2D eigenvalue weighted by atomic mass is 32.1. The van der Waals surface area contributed by atoms with Crippen LogP contribution in [-0.2, 0) is 6.42 Å². The molecule has 1 fully saturated rings. The van der Waals surface area contributed by atoms with Gasteiger partial charge >= 0.3 is 0 Å². The first-order valence-electron chi connectivity index (χ1n) is 9.94. The van der Waals surface area contributed by atoms with Gasteiger partial charge in [-0.15, -0.1) is 11.3 Å². The van der Waals surface area contributed by atoms with E-state index in [0.29, 0.717) is 12.0 Å². The number of likely N-dealkylation sites (tertiary alicyclic amines) is 1. The summed E-state index contributed by atoms with van der Waals surface area (Å²) in [5.41, 5.74) is 0. The van der Waals surface area contributed by atoms with Gasteiger partial charge in [0.1, 0.15) is 5.76 Å². The lowest BCUT2D eigenvalue weighted by atomic mass is 10.2. The maximum Gasteiger partial charge on any atom is 0.191 e. The van der Waals surface area contributed by atoms with Crippen molar-refractivity contribution in [3.63, 3.8) is 0 Å². The zero-order valence-corrected chi connectivity index (χ0v) is 17.2. The van der Waals surface area contributed by atoms with Crippen molar-refractivity contribution >= 4 is 17.3 Å². The lowest BCUT2D eigenvalue weighted by molar-refractivity contribution is 0.267. The highest BCUT2D eigenvalue weighted by molar-refractivity contribution is 7.09. The molecule has 0 radical (unpaired) electrons. The SMILES string of the molecule is CCN1CCCC1CNC(=NCC(C)c1nccs1)NCCc1ccco1. The fourth-order valence-electron chi connectivity index (χ4n) is 3.47. The van der Waals surface area contributed by atoms with Crippen LogP contribution < -0.4 is 10.6 Å². The molecule has 1 saturated heterocycles. The molecule has 6 nitrogen and oxygen atoms in total. The first-order chi connectivity index (χ1) is 13.3. The van der Waals surface area contributed by atoms with Crippen LogP contribution in [0.1, 0.15) is 43.4 Å². The second-order valence-corrected chi connectivity index (χ2v) is 7.95. The number of guanidine groups is 1. The third-order valence-electron chi connectivity index (χ3n) is 5.05. The first kappa shape index (κ1) is 19.9. The Balaban J connectivity index is 1.54. The average Bonchev–Trinajstić information content (AvgIpc) is 3.45. The second-order valence-electron chi connectivity index (χ2n) is 7.02. The molecule has 148 valence electrons. The lowest BCUT2D eigenvalue weighted by Crippen LogP contribution is -2.45. The van der Waals surface area contributed by atoms with E-state index in [1.807, 2.05) is 23.7 Å². The van der Waals surface area contributed by atoms with Crippen molar-refractivity contribution < 1.29 is 4.42 Å². The minimum atomic E-state index is 0.326. The Morgan fingerprint density at radius 3 is 3.15 bits per heavy atom. The Labute approximate surface area is 166 Å². The van der Waals surface area contributed by atoms with Gasteiger partial charge in [0.2, 0.25) is 0 Å². The molecule has 1 aliphatic rings. The summed E-state index contributed by atoms with van der Waals surface area (Å²) in [5.74, 6) is 2.20. The van der Waals surface area contributed by atoms with Crippen LogP contribution >= 0.6 is 11.3 Å². The van der Waals surface area contributed by atoms with Crippen molar-refractivity contribution in [3.05, 3.63) is 40.7 Å². The van der Waals surface area contributed by atoms with Crippen LogP contribution in [0.2, 0.25) is 0 Å². The third-order valence-corrected chi connectivity index (χ3v) is 6.06. The molecule has 1 aliphatic heterocycles. The topological polar surface area (TPSA) is 65.7 Å². The highest BCUT2D eigenvalue weighted by Gasteiger charge is 2.22. The number of hydrogen-bond donors (Lipinski definition) is 2. The Morgan fingerprint density at radius 2 is 2.41 bits per heavy atom. The van der Waals surface area contributed by atoms with E-state index >= 15 is 0 Å². The van der Waals surface area contributed by atoms with Gasteiger partial charge in [0.25, 0.3) is 0 Å². The summed E-state index contributed by atoms with van der Waals surface area (Å²) < 4.78 is 5.42. The van der Waals surface area contributed by atoms with Crippen LogP contribution in [0.15, 0.2) is 39.4 Å². The number of hydrogen-bond acceptors (Lipinski definition) is 5. The summed E-state index contributed by atoms with van der Waals surface area (Å²) in [7, 11) is 0. The summed E-state index contributed by atoms with van der Waals surface area (Å²) in [6.07, 6.45) is 6.98. The van der Waals surface area contributed by atoms with Crippen molar-refractivity contribution in [3.8, 4) is 0 Å². The van der Waals surface area contributed by atoms with Crippen LogP contribution in [0.5, 0.6) is 0 Å². The van der Waals surface area contributed by atoms with Crippen molar-refractivity contribution in [1.82, 2.24) is 20.5 Å². The van der Waals surface area contributed by atoms with Gasteiger partial charge in [0, 0.05) is 43.0 Å². The second kappa shape index (κ2) is 10.5. The van der Waals surface area contributed by atoms with Crippen molar-refractivity contribution in [2.75, 3.05) is 32.7 Å². The Morgan fingerprint density at radius 1 is 1.48 bits per heavy atom. The van der Waals surface area contributed by atoms with Gasteiger partial charge in [-0.1, -0.05) is 13.8 Å². The minimum absolute atomic E-state index is 0.326. The van der Waals surface area contributed by atoms with E-state index in [1.165, 1.54) is 19.4 Å². The molecule has 27 heavy (non-hydrogen) atoms. The molecule has 2 aromatic heterocycles. The molecule has 0 aliphatic carbocycles. The van der Waals surface area contributed by atoms with Crippen molar-refractivity contribution in [1.29, 1.82) is 0 Å². The van der Waals surface area contributed by atoms with E-state index in [9.17, 15) is 0 Å². The fourth-order valence-corrected chi connectivity index (χ4v) is 4.16. The number of likely N-dealkylation sites (N-methyl/N-ethyl adjacent to an activating group) is 1. The summed E-state index contributed by atoms with van der Waals surface area (Å²) in [4.78, 5) is 11.8. The smallest absolute Gasteiger partial charge is 0.191 e. The van der Waals surface area contributed by atoms with Gasteiger partial charge in [-0.05, 0) is 38.1 Å². The van der Waals surface area contributed by atoms with E-state index in [1.54, 1.807) is 17.6 Å². The van der Waals surface area contributed by atoms with Gasteiger partial charge in [0.15, 0.2) is 5.96 Å². The molecule has 2 N–H and O–H groups in total. The van der Waals surface area contributed by atoms with Gasteiger partial charge in [-0.2, -0.15) is 0 Å². The standard InChI is InChI=1S/C20H31N5OS/c1-3-25-11-4-6-17(25)15-24-20(22-9-8-18-7-5-12-26-18)23-14-16(2)19-21-10-13-27-19/h5,7,10,12-13,16-17H,3-4,6,8-9,11,14-15H2,1-2H3,(H2,22,23,24). The van der Waals surface area contributed by atoms with Gasteiger partial charge in [0.05, 0.1) is 17.8 Å². The Hall–Kier alpha value is -1.86. The molecule has 0 saturated carbocycles. The van der Waals surface area contributed by atoms with E-state index in [0.717, 1.165) is 49.3 Å². The average molecular weight is 390 g/mol. The number of rotatable bonds is 9. The Kier molecular flexibility index (Phi) is 7.71. The normalized spacial score (nSPS) is 19.3. The van der Waals surface area contributed by atoms with Crippen molar-refractivity contribution in [2.24, 2.45) is 4.99 Å². The van der Waals surface area contributed by atoms with Crippen LogP contribution in [-0.4, -0.2) is 54.6 Å². The molecule has 2 unspecified atom stereocenters. The van der Waals surface area contributed by atoms with Crippen LogP contribution in [0.4, 0.5) is 0 Å². The van der Waals surface area contributed by atoms with Crippen LogP contribution in [0.3, 0.4) is 0 Å². The summed E-state index contributed by atoms with van der Waals surface area (Å²) in [6, 6.07) is 4.54. The summed E-state index contributed by atoms with van der Waals surface area (Å²) >= 11 is 1.70. The molecule has 2 atom stereocenters. The number of nitrogens with one attached hydrogen (secondary N) is 2. The predicted octanol–water partition coefficient (Wildman–Crippen LogP) is 3.10. The number of aromatic nitrogens is 1. The number of nitrogens with zero attached hydrogens (tertiary/aromatic N) is 3. The van der Waals surface area contributed by atoms with E-state index in [4.69, 9.17) is 9.41 Å². The Bertz CT molecular complexity index is 671. The lowest BCUT2D eigenvalue weighted by Gasteiger charge is -2.24. The van der Waals surface area contributed by atoms with E-state index in [-0.39, 0.29) is 0 Å². The summed E-state index contributed by atoms with van der Waals surface area (Å²) in [5, 5.41) is 10.2. The molecule has 2 aromatic rings. The minimum Gasteiger partial charge on any atom is -0.469 e. The van der Waals surface area contributed by atoms with Gasteiger partial charge in [-0.25, -0.2) is 4.98 Å². The number of thiazole rings is 1. The van der Waals surface area contributed by atoms with Gasteiger partial charge in [-0.3, -0.25) is 9.89 Å². The van der Waals surface area contributed by atoms with Gasteiger partial charge < -0.3 is 15.1 Å². The highest BCUT2D eigenvalue weighted by Crippen LogP contribution is 2.18. The molecular formula is C20H31N5OS. The molecular weight excluding hydrogens is 358 g/mol. The van der Waals surface area contributed by atoms with Crippen LogP contribution in [0.25, 0.3) is 0 Å². The number of aliphatic imine (C=N–C) groups is 1. The molecule has 7 heteroatoms. The predicted molar refractivity (Wildman–Crippen MR) is 112 cm³/mol. The van der Waals surface area contributed by atoms with Crippen LogP contribution in [0, 0.1) is 0 Å². The maximum absolute atomic E-state index is 5.42. The quantitative estimate of drug-likeness (QED) is 0.510. The molecule has 0 amide bonds. The fraction of sp³-hybridized carbons (Fsp3) is 0.600. The van der Waals surface area contributed by atoms with E-state index < -0.39 is 0 Å².